The molecule has 21 heavy (non-hydrogen) atoms. The Morgan fingerprint density at radius 1 is 1.29 bits per heavy atom. The maximum Gasteiger partial charge on any atom is 0.229 e. The smallest absolute Gasteiger partial charge is 0.229 e. The lowest BCUT2D eigenvalue weighted by atomic mass is 9.93. The monoisotopic (exact) mass is 285 g/mol. The second-order valence-corrected chi connectivity index (χ2v) is 5.94. The highest BCUT2D eigenvalue weighted by Crippen LogP contribution is 2.39. The van der Waals surface area contributed by atoms with Crippen LogP contribution in [0.4, 0.5) is 0 Å². The van der Waals surface area contributed by atoms with Crippen LogP contribution in [0.5, 0.6) is 0 Å². The summed E-state index contributed by atoms with van der Waals surface area (Å²) in [7, 11) is 0. The number of benzene rings is 1. The molecule has 5 nitrogen and oxygen atoms in total. The van der Waals surface area contributed by atoms with Gasteiger partial charge >= 0.3 is 0 Å². The number of hydrogen-bond donors (Lipinski definition) is 1. The van der Waals surface area contributed by atoms with E-state index >= 15 is 0 Å². The molecule has 1 aliphatic heterocycles. The highest BCUT2D eigenvalue weighted by atomic mass is 16.5. The van der Waals surface area contributed by atoms with Crippen molar-refractivity contribution in [1.82, 2.24) is 15.0 Å². The van der Waals surface area contributed by atoms with Crippen molar-refractivity contribution in [2.75, 3.05) is 13.2 Å². The van der Waals surface area contributed by atoms with Crippen molar-refractivity contribution in [1.29, 1.82) is 0 Å². The lowest BCUT2D eigenvalue weighted by Gasteiger charge is -2.35. The molecular formula is C16H19N3O2. The van der Waals surface area contributed by atoms with E-state index in [2.05, 4.69) is 33.2 Å². The maximum absolute atomic E-state index is 9.78. The van der Waals surface area contributed by atoms with E-state index in [9.17, 15) is 5.11 Å². The van der Waals surface area contributed by atoms with Crippen molar-refractivity contribution in [3.63, 3.8) is 0 Å². The van der Waals surface area contributed by atoms with Crippen LogP contribution in [-0.2, 0) is 13.0 Å². The van der Waals surface area contributed by atoms with Crippen molar-refractivity contribution in [3.05, 3.63) is 47.1 Å². The lowest BCUT2D eigenvalue weighted by molar-refractivity contribution is 0.105. The highest BCUT2D eigenvalue weighted by Gasteiger charge is 2.31. The standard InChI is InChI=1S/C16H19N3O2/c20-10-14-13-4-2-1-3-11(13)7-8-19(14)9-15-17-16(21-18-15)12-5-6-12/h1-4,12,14,20H,5-10H2. The maximum atomic E-state index is 9.78. The van der Waals surface area contributed by atoms with Gasteiger partial charge in [-0.1, -0.05) is 29.4 Å². The average Bonchev–Trinajstić information content (AvgIpc) is 3.27. The van der Waals surface area contributed by atoms with E-state index in [1.165, 1.54) is 11.1 Å². The summed E-state index contributed by atoms with van der Waals surface area (Å²) < 4.78 is 5.32. The summed E-state index contributed by atoms with van der Waals surface area (Å²) in [6, 6.07) is 8.37. The fourth-order valence-electron chi connectivity index (χ4n) is 3.12. The summed E-state index contributed by atoms with van der Waals surface area (Å²) in [5, 5.41) is 13.9. The number of aliphatic hydroxyl groups excluding tert-OH is 1. The number of aromatic nitrogens is 2. The molecule has 0 radical (unpaired) electrons. The van der Waals surface area contributed by atoms with Gasteiger partial charge in [0.1, 0.15) is 0 Å². The Bertz CT molecular complexity index is 636. The summed E-state index contributed by atoms with van der Waals surface area (Å²) in [6.45, 7) is 1.66. The number of rotatable bonds is 4. The third-order valence-corrected chi connectivity index (χ3v) is 4.45. The van der Waals surface area contributed by atoms with E-state index in [1.54, 1.807) is 0 Å². The molecule has 0 bridgehead atoms. The first-order chi connectivity index (χ1) is 10.3. The van der Waals surface area contributed by atoms with Crippen LogP contribution in [0.3, 0.4) is 0 Å². The zero-order chi connectivity index (χ0) is 14.2. The summed E-state index contributed by atoms with van der Waals surface area (Å²) in [4.78, 5) is 6.73. The van der Waals surface area contributed by atoms with Crippen LogP contribution in [0, 0.1) is 0 Å². The zero-order valence-electron chi connectivity index (χ0n) is 11.9. The first kappa shape index (κ1) is 13.0. The Balaban J connectivity index is 1.54. The SMILES string of the molecule is OCC1c2ccccc2CCN1Cc1noc(C2CC2)n1. The first-order valence-corrected chi connectivity index (χ1v) is 7.60. The molecular weight excluding hydrogens is 266 g/mol. The molecule has 2 aliphatic rings. The third kappa shape index (κ3) is 2.47. The summed E-state index contributed by atoms with van der Waals surface area (Å²) in [5.41, 5.74) is 2.55. The van der Waals surface area contributed by atoms with Gasteiger partial charge in [-0.2, -0.15) is 4.98 Å². The quantitative estimate of drug-likeness (QED) is 0.931. The first-order valence-electron chi connectivity index (χ1n) is 7.60. The number of nitrogens with zero attached hydrogens (tertiary/aromatic N) is 3. The number of hydrogen-bond acceptors (Lipinski definition) is 5. The molecule has 1 aromatic carbocycles. The van der Waals surface area contributed by atoms with E-state index in [0.29, 0.717) is 12.5 Å². The number of fused-ring (bicyclic) bond motifs is 1. The molecule has 0 saturated heterocycles. The van der Waals surface area contributed by atoms with Crippen LogP contribution >= 0.6 is 0 Å². The Labute approximate surface area is 123 Å². The molecule has 4 rings (SSSR count). The van der Waals surface area contributed by atoms with E-state index in [-0.39, 0.29) is 12.6 Å². The van der Waals surface area contributed by atoms with Crippen molar-refractivity contribution < 1.29 is 9.63 Å². The molecule has 1 saturated carbocycles. The fraction of sp³-hybridized carbons (Fsp3) is 0.500. The largest absolute Gasteiger partial charge is 0.394 e. The minimum atomic E-state index is 0.0258. The van der Waals surface area contributed by atoms with Gasteiger partial charge in [0, 0.05) is 12.5 Å². The van der Waals surface area contributed by atoms with Crippen molar-refractivity contribution in [3.8, 4) is 0 Å². The Kier molecular flexibility index (Phi) is 3.24. The second-order valence-electron chi connectivity index (χ2n) is 5.94. The Hall–Kier alpha value is -1.72. The van der Waals surface area contributed by atoms with Crippen LogP contribution < -0.4 is 0 Å². The van der Waals surface area contributed by atoms with Crippen LogP contribution in [0.2, 0.25) is 0 Å². The molecule has 1 atom stereocenters. The predicted molar refractivity (Wildman–Crippen MR) is 76.7 cm³/mol. The number of aliphatic hydroxyl groups is 1. The van der Waals surface area contributed by atoms with Crippen LogP contribution in [0.15, 0.2) is 28.8 Å². The summed E-state index contributed by atoms with van der Waals surface area (Å²) in [6.07, 6.45) is 3.33. The van der Waals surface area contributed by atoms with Gasteiger partial charge < -0.3 is 9.63 Å². The van der Waals surface area contributed by atoms with E-state index in [0.717, 1.165) is 37.5 Å². The zero-order valence-corrected chi connectivity index (χ0v) is 11.9. The normalized spacial score (nSPS) is 22.2. The summed E-state index contributed by atoms with van der Waals surface area (Å²) in [5.74, 6) is 2.00. The molecule has 110 valence electrons. The van der Waals surface area contributed by atoms with Crippen LogP contribution in [-0.4, -0.2) is 33.3 Å². The van der Waals surface area contributed by atoms with Gasteiger partial charge in [-0.15, -0.1) is 0 Å². The molecule has 0 amide bonds. The highest BCUT2D eigenvalue weighted by molar-refractivity contribution is 5.32. The van der Waals surface area contributed by atoms with Gasteiger partial charge in [0.05, 0.1) is 19.2 Å². The van der Waals surface area contributed by atoms with E-state index < -0.39 is 0 Å². The van der Waals surface area contributed by atoms with Crippen molar-refractivity contribution >= 4 is 0 Å². The molecule has 1 N–H and O–H groups in total. The average molecular weight is 285 g/mol. The molecule has 1 fully saturated rings. The van der Waals surface area contributed by atoms with Gasteiger partial charge in [0.25, 0.3) is 0 Å². The van der Waals surface area contributed by atoms with Gasteiger partial charge in [-0.05, 0) is 30.4 Å². The van der Waals surface area contributed by atoms with Crippen LogP contribution in [0.25, 0.3) is 0 Å². The fourth-order valence-corrected chi connectivity index (χ4v) is 3.12. The third-order valence-electron chi connectivity index (χ3n) is 4.45. The van der Waals surface area contributed by atoms with Gasteiger partial charge in [0.15, 0.2) is 5.82 Å². The van der Waals surface area contributed by atoms with E-state index in [4.69, 9.17) is 4.52 Å². The minimum Gasteiger partial charge on any atom is -0.394 e. The van der Waals surface area contributed by atoms with Gasteiger partial charge in [-0.3, -0.25) is 4.90 Å². The Morgan fingerprint density at radius 2 is 2.14 bits per heavy atom. The van der Waals surface area contributed by atoms with E-state index in [1.807, 2.05) is 6.07 Å². The summed E-state index contributed by atoms with van der Waals surface area (Å²) >= 11 is 0. The molecule has 5 heteroatoms. The van der Waals surface area contributed by atoms with Crippen molar-refractivity contribution in [2.45, 2.75) is 37.8 Å². The van der Waals surface area contributed by atoms with Crippen molar-refractivity contribution in [2.24, 2.45) is 0 Å². The molecule has 2 aromatic rings. The molecule has 0 spiro atoms. The predicted octanol–water partition coefficient (Wildman–Crippen LogP) is 2.04. The molecule has 1 aliphatic carbocycles. The second kappa shape index (κ2) is 5.24. The van der Waals surface area contributed by atoms with Crippen LogP contribution in [0.1, 0.15) is 47.6 Å². The topological polar surface area (TPSA) is 62.4 Å². The minimum absolute atomic E-state index is 0.0258. The lowest BCUT2D eigenvalue weighted by Crippen LogP contribution is -2.37. The van der Waals surface area contributed by atoms with Gasteiger partial charge in [0.2, 0.25) is 5.89 Å². The molecule has 2 heterocycles. The molecule has 1 aromatic heterocycles. The van der Waals surface area contributed by atoms with Gasteiger partial charge in [-0.25, -0.2) is 0 Å². The Morgan fingerprint density at radius 3 is 2.95 bits per heavy atom. The molecule has 1 unspecified atom stereocenters.